The van der Waals surface area contributed by atoms with E-state index in [0.29, 0.717) is 11.1 Å². The van der Waals surface area contributed by atoms with Crippen LogP contribution < -0.4 is 81.8 Å². The fraction of sp³-hybridized carbons (Fsp3) is 0.449. The van der Waals surface area contributed by atoms with Crippen LogP contribution in [-0.4, -0.2) is 166 Å². The number of aromatic nitrogens is 2. The van der Waals surface area contributed by atoms with Crippen molar-refractivity contribution in [3.8, 4) is 23.0 Å². The molecule has 12 rings (SSSR count). The number of benzene rings is 6. The van der Waals surface area contributed by atoms with Gasteiger partial charge in [-0.1, -0.05) is 107 Å². The second-order valence-corrected chi connectivity index (χ2v) is 31.1. The van der Waals surface area contributed by atoms with Gasteiger partial charge in [-0.15, -0.1) is 0 Å². The molecule has 0 unspecified atom stereocenters. The number of rotatable bonds is 3. The van der Waals surface area contributed by atoms with E-state index in [1.807, 2.05) is 0 Å². The number of hydrogen-bond donors (Lipinski definition) is 12. The Hall–Kier alpha value is -10.1. The molecule has 18 atom stereocenters. The number of nitrogens with one attached hydrogen (secondary N) is 2. The minimum atomic E-state index is -1.97. The Morgan fingerprint density at radius 3 is 1.20 bits per heavy atom. The molecule has 2 aromatic heterocycles. The Balaban J connectivity index is 0.000000356. The van der Waals surface area contributed by atoms with Crippen molar-refractivity contribution >= 4 is 107 Å². The van der Waals surface area contributed by atoms with Crippen molar-refractivity contribution in [3.05, 3.63) is 170 Å². The third-order valence-electron chi connectivity index (χ3n) is 22.9. The summed E-state index contributed by atoms with van der Waals surface area (Å²) in [6, 6.07) is 5.83. The van der Waals surface area contributed by atoms with E-state index in [9.17, 15) is 79.5 Å². The van der Waals surface area contributed by atoms with Gasteiger partial charge in [0.1, 0.15) is 51.5 Å². The molecule has 8 aromatic rings. The molecule has 8 bridgehead atoms. The molecule has 0 aliphatic carbocycles. The molecule has 121 heavy (non-hydrogen) atoms. The van der Waals surface area contributed by atoms with Crippen LogP contribution in [0.2, 0.25) is 0 Å². The maximum Gasteiger partial charge on any atom is 1.00 e. The van der Waals surface area contributed by atoms with Crippen LogP contribution in [0.1, 0.15) is 127 Å². The van der Waals surface area contributed by atoms with E-state index in [1.165, 1.54) is 112 Å². The number of hydrogen-bond acceptors (Lipinski definition) is 29. The number of amides is 2. The molecule has 32 heteroatoms. The van der Waals surface area contributed by atoms with Gasteiger partial charge in [0.15, 0.2) is 44.9 Å². The topological polar surface area (TPSA) is 493 Å². The molecule has 0 saturated carbocycles. The minimum Gasteiger partial charge on any atom is -0.870 e. The number of phenolic OH excluding ortho intramolecular Hbond substituents is 2. The number of aromatic hydroxyl groups is 2. The number of carbonyl (C=O) groups excluding carboxylic acids is 3. The molecule has 13 N–H and O–H groups in total. The molecule has 0 saturated heterocycles. The van der Waals surface area contributed by atoms with Crippen LogP contribution in [0.15, 0.2) is 125 Å². The Morgan fingerprint density at radius 2 is 0.835 bits per heavy atom. The number of methoxy groups -OCH3 is 2. The SMILES string of the molecule is C.C.CO.CO[C@H]1/C=C/O[C@@]2(C)Oc3c(C)c(O)c4c(=O)c(c5oc6cc(C)cc(=O)c6nc5c4c3=C2O)NC(=O)/C(C)=C\C=C\[C@H](C)[C@H](O)[C@@H](C)[C@@H](O)[C@@H](C)[C@H](O)[C@@H]1C.CO[C@H]1/C=C/O[C@@]2(C)Oc3c(C)c(O)c4c(=O)c(c5oc6cc(C)cc(=O)c6nc5c4c3=C2O)NC(=O)/C(C)=C\C=C\[C@H](C)[C@H](O)[C@@H](C)[C@@H](O)[C@@H](C)[C@H](OC(C)=O)[C@@H]1C.[Na+].[OH-]. The first-order valence-corrected chi connectivity index (χ1v) is 38.2. The van der Waals surface area contributed by atoms with Crippen molar-refractivity contribution in [1.82, 2.24) is 9.97 Å². The molecule has 4 aliphatic rings. The second kappa shape index (κ2) is 39.4. The van der Waals surface area contributed by atoms with Crippen molar-refractivity contribution in [2.75, 3.05) is 32.0 Å². The summed E-state index contributed by atoms with van der Waals surface area (Å²) in [6.45, 7) is 27.1. The Labute approximate surface area is 720 Å². The number of aliphatic hydroxyl groups is 8. The number of fused-ring (bicyclic) bond motifs is 4. The van der Waals surface area contributed by atoms with Gasteiger partial charge in [0.2, 0.25) is 21.7 Å². The predicted molar refractivity (Wildman–Crippen MR) is 454 cm³/mol. The molecule has 0 fully saturated rings. The Bertz CT molecular complexity index is 5900. The van der Waals surface area contributed by atoms with E-state index in [-0.39, 0.29) is 171 Å². The van der Waals surface area contributed by atoms with E-state index in [4.69, 9.17) is 47.1 Å². The fourth-order valence-corrected chi connectivity index (χ4v) is 15.7. The number of anilines is 2. The Kier molecular flexibility index (Phi) is 32.4. The number of ether oxygens (including phenoxy) is 7. The van der Waals surface area contributed by atoms with Gasteiger partial charge in [-0.2, -0.15) is 0 Å². The first kappa shape index (κ1) is 99.7. The first-order chi connectivity index (χ1) is 55.0. The average Bonchev–Trinajstić information content (AvgIpc) is 1.64. The van der Waals surface area contributed by atoms with E-state index < -0.39 is 170 Å². The van der Waals surface area contributed by atoms with Crippen molar-refractivity contribution < 1.29 is 142 Å². The zero-order chi connectivity index (χ0) is 86.5. The van der Waals surface area contributed by atoms with Crippen molar-refractivity contribution in [2.45, 2.75) is 193 Å². The van der Waals surface area contributed by atoms with Crippen molar-refractivity contribution in [3.63, 3.8) is 0 Å². The molecule has 0 radical (unpaired) electrons. The summed E-state index contributed by atoms with van der Waals surface area (Å²) in [5.41, 5.74) is -2.83. The van der Waals surface area contributed by atoms with E-state index in [2.05, 4.69) is 20.6 Å². The summed E-state index contributed by atoms with van der Waals surface area (Å²) in [4.78, 5) is 105. The summed E-state index contributed by atoms with van der Waals surface area (Å²) in [6.07, 6.45) is 6.98. The number of carbonyl (C=O) groups is 3. The smallest absolute Gasteiger partial charge is 0.870 e. The quantitative estimate of drug-likeness (QED) is 0.0371. The molecule has 4 aliphatic heterocycles. The molecule has 6 aromatic carbocycles. The fourth-order valence-electron chi connectivity index (χ4n) is 15.7. The second-order valence-electron chi connectivity index (χ2n) is 31.1. The van der Waals surface area contributed by atoms with Gasteiger partial charge in [-0.05, 0) is 89.1 Å². The minimum absolute atomic E-state index is 0. The molecule has 31 nitrogen and oxygen atoms in total. The maximum absolute atomic E-state index is 14.5. The molecular formula is C89H111N4NaO27. The summed E-state index contributed by atoms with van der Waals surface area (Å²) in [5, 5.41) is 115. The third kappa shape index (κ3) is 18.6. The standard InChI is InChI=1S/C44H50N2O13.C42H48N2O12.CH4O.2CH4.Na.H2O/c1-18-16-26(48)32-28(17-18)58-41-33(45-32)29-30-37(51)24(7)40-31(29)42(53)44(9,59-40)56-15-14-27(55-10)21(4)39(57-25(8)47)23(6)36(50)22(5)35(49)19(2)12-11-13-20(3)43(54)46-34(41)38(30)52;1-17-15-24(45)30-26(16-17)55-39-31(43-30)27-28-36(49)23(7)38-29(27)40(51)42(8,56-38)54-14-13-25(53-9)20(4)34(47)22(6)35(48)21(5)33(46)18(2)11-10-12-19(3)41(52)44-32(39)37(28)50;1-2;;;;/h11-17,19,21-23,27,35-36,39,49-51,53H,1-10H3,(H,46,54);10-16,18,20-22,25,33-35,46-49,51H,1-9H3,(H,44,52);2H,1H3;2*1H4;;1H2/q;;;;;+1;/p-1/b12-11+,15-14+,20-13-;11-10+,14-13+,19-12-;;;;;/t19-,21+,22+,23+,27-,35-,36+,39+,44-;18-,20+,21+,22-,25-,33-,34+,35+,42-;;;;;/m00...../s1. The molecule has 6 heterocycles. The predicted octanol–water partition coefficient (Wildman–Crippen LogP) is 6.87. The van der Waals surface area contributed by atoms with Crippen LogP contribution >= 0.6 is 0 Å². The zero-order valence-corrected chi connectivity index (χ0v) is 72.2. The first-order valence-electron chi connectivity index (χ1n) is 38.2. The van der Waals surface area contributed by atoms with Gasteiger partial charge in [0.05, 0.1) is 76.5 Å². The van der Waals surface area contributed by atoms with Gasteiger partial charge < -0.3 is 109 Å². The largest absolute Gasteiger partial charge is 1.00 e. The van der Waals surface area contributed by atoms with Crippen molar-refractivity contribution in [1.29, 1.82) is 0 Å². The number of nitrogens with zero attached hydrogens (tertiary/aromatic N) is 2. The van der Waals surface area contributed by atoms with Crippen molar-refractivity contribution in [2.24, 2.45) is 47.3 Å². The number of esters is 1. The van der Waals surface area contributed by atoms with Gasteiger partial charge >= 0.3 is 47.1 Å². The van der Waals surface area contributed by atoms with Gasteiger partial charge in [0.25, 0.3) is 11.8 Å². The molecule has 650 valence electrons. The number of aliphatic hydroxyl groups excluding tert-OH is 8. The molecule has 2 amide bonds. The Morgan fingerprint density at radius 1 is 0.488 bits per heavy atom. The van der Waals surface area contributed by atoms with Crippen LogP contribution in [-0.2, 0) is 38.1 Å². The van der Waals surface area contributed by atoms with Gasteiger partial charge in [-0.3, -0.25) is 33.6 Å². The van der Waals surface area contributed by atoms with Gasteiger partial charge in [0, 0.05) is 122 Å². The third-order valence-corrected chi connectivity index (χ3v) is 22.9. The van der Waals surface area contributed by atoms with Crippen LogP contribution in [0.3, 0.4) is 0 Å². The summed E-state index contributed by atoms with van der Waals surface area (Å²) < 4.78 is 54.1. The summed E-state index contributed by atoms with van der Waals surface area (Å²) in [5.74, 6) is -13.0. The monoisotopic (exact) mass is 1690 g/mol. The maximum atomic E-state index is 14.5. The summed E-state index contributed by atoms with van der Waals surface area (Å²) >= 11 is 0. The van der Waals surface area contributed by atoms with E-state index in [1.54, 1.807) is 106 Å². The zero-order valence-electron chi connectivity index (χ0n) is 70.2. The van der Waals surface area contributed by atoms with Crippen LogP contribution in [0.4, 0.5) is 11.4 Å². The average molecular weight is 1690 g/mol. The van der Waals surface area contributed by atoms with E-state index >= 15 is 0 Å². The van der Waals surface area contributed by atoms with Crippen LogP contribution in [0.25, 0.3) is 77.5 Å². The van der Waals surface area contributed by atoms with Crippen LogP contribution in [0.5, 0.6) is 23.0 Å². The molecule has 0 spiro atoms. The number of allylic oxidation sites excluding steroid dienone is 4. The number of aryl methyl sites for hydroxylation is 2. The number of phenols is 2. The molecular weight excluding hydrogens is 1580 g/mol. The normalized spacial score (nSPS) is 29.2. The summed E-state index contributed by atoms with van der Waals surface area (Å²) in [7, 11) is 3.88. The van der Waals surface area contributed by atoms with Gasteiger partial charge in [-0.25, -0.2) is 9.97 Å². The van der Waals surface area contributed by atoms with Crippen LogP contribution in [0, 0.1) is 75.0 Å². The van der Waals surface area contributed by atoms with E-state index in [0.717, 1.165) is 7.11 Å².